The molecule has 1 aliphatic carbocycles. The lowest BCUT2D eigenvalue weighted by Crippen LogP contribution is -2.49. The predicted octanol–water partition coefficient (Wildman–Crippen LogP) is 8.68. The number of fused-ring (bicyclic) bond motifs is 2. The molecular weight excluding hydrogens is 1020 g/mol. The number of aliphatic hydroxyl groups is 1. The van der Waals surface area contributed by atoms with E-state index in [9.17, 15) is 24.3 Å². The number of hydrogen-bond donors (Lipinski definition) is 4. The van der Waals surface area contributed by atoms with Crippen LogP contribution in [-0.4, -0.2) is 121 Å². The van der Waals surface area contributed by atoms with Crippen molar-refractivity contribution >= 4 is 52.1 Å². The zero-order valence-electron chi connectivity index (χ0n) is 43.5. The SMILES string of the molecule is CNC(=O)c1ccc(OCCO)c(F)c1-c1c(Cl)c(F)cc2c1[C@H](C)[C@@](CCNC1CCC(C(=O)N3CCC(CN4CCC(c5c(F)cc6c(N7CCC(=O)NC7=O)nn(C)c6c5F)CC4)CC3)CC1)(c1ccccc1)O2. The molecule has 5 heterocycles. The number of anilines is 1. The number of piperidine rings is 2. The van der Waals surface area contributed by atoms with Crippen molar-refractivity contribution in [2.45, 2.75) is 94.6 Å². The fourth-order valence-corrected chi connectivity index (χ4v) is 13.0. The summed E-state index contributed by atoms with van der Waals surface area (Å²) < 4.78 is 78.3. The van der Waals surface area contributed by atoms with Gasteiger partial charge < -0.3 is 35.0 Å². The summed E-state index contributed by atoms with van der Waals surface area (Å²) >= 11 is 6.78. The van der Waals surface area contributed by atoms with Crippen LogP contribution in [-0.2, 0) is 22.2 Å². The zero-order valence-corrected chi connectivity index (χ0v) is 44.3. The highest BCUT2D eigenvalue weighted by molar-refractivity contribution is 6.34. The monoisotopic (exact) mass is 1080 g/mol. The van der Waals surface area contributed by atoms with Crippen LogP contribution in [0.25, 0.3) is 22.0 Å². The normalized spacial score (nSPS) is 22.5. The van der Waals surface area contributed by atoms with Crippen LogP contribution in [0.4, 0.5) is 28.2 Å². The van der Waals surface area contributed by atoms with Gasteiger partial charge in [0.2, 0.25) is 11.8 Å². The molecule has 5 aromatic rings. The molecular formula is C57H65ClF4N8O7. The van der Waals surface area contributed by atoms with E-state index in [0.29, 0.717) is 63.5 Å². The molecule has 1 aromatic heterocycles. The van der Waals surface area contributed by atoms with Crippen molar-refractivity contribution in [3.63, 3.8) is 0 Å². The minimum atomic E-state index is -1.05. The molecule has 4 aromatic carbocycles. The molecule has 0 spiro atoms. The first-order valence-corrected chi connectivity index (χ1v) is 27.3. The third-order valence-electron chi connectivity index (χ3n) is 16.9. The first-order chi connectivity index (χ1) is 37.1. The Hall–Kier alpha value is -6.28. The first kappa shape index (κ1) is 54.1. The Balaban J connectivity index is 0.724. The van der Waals surface area contributed by atoms with Crippen molar-refractivity contribution in [1.82, 2.24) is 35.5 Å². The van der Waals surface area contributed by atoms with Gasteiger partial charge in [-0.2, -0.15) is 5.10 Å². The van der Waals surface area contributed by atoms with Crippen LogP contribution >= 0.6 is 11.6 Å². The average molecular weight is 1090 g/mol. The van der Waals surface area contributed by atoms with Crippen LogP contribution < -0.4 is 30.3 Å². The summed E-state index contributed by atoms with van der Waals surface area (Å²) in [4.78, 5) is 57.1. The van der Waals surface area contributed by atoms with Crippen LogP contribution in [0.3, 0.4) is 0 Å². The molecule has 4 fully saturated rings. The maximum atomic E-state index is 16.6. The lowest BCUT2D eigenvalue weighted by atomic mass is 9.75. The zero-order chi connectivity index (χ0) is 54.3. The topological polar surface area (TPSA) is 171 Å². The first-order valence-electron chi connectivity index (χ1n) is 26.9. The van der Waals surface area contributed by atoms with E-state index < -0.39 is 52.6 Å². The van der Waals surface area contributed by atoms with Crippen molar-refractivity contribution in [3.05, 3.63) is 105 Å². The van der Waals surface area contributed by atoms with Gasteiger partial charge in [0.1, 0.15) is 35.1 Å². The molecule has 4 N–H and O–H groups in total. The van der Waals surface area contributed by atoms with Gasteiger partial charge in [-0.15, -0.1) is 0 Å². The van der Waals surface area contributed by atoms with Crippen LogP contribution in [0.2, 0.25) is 5.02 Å². The molecule has 1 saturated carbocycles. The van der Waals surface area contributed by atoms with E-state index in [1.54, 1.807) is 7.05 Å². The number of carbonyl (C=O) groups excluding carboxylic acids is 4. The number of ether oxygens (including phenoxy) is 2. The fourth-order valence-electron chi connectivity index (χ4n) is 12.8. The van der Waals surface area contributed by atoms with Crippen LogP contribution in [0.5, 0.6) is 11.5 Å². The van der Waals surface area contributed by atoms with Crippen molar-refractivity contribution in [2.75, 3.05) is 71.0 Å². The summed E-state index contributed by atoms with van der Waals surface area (Å²) in [6.07, 6.45) is 6.58. The molecule has 4 aliphatic heterocycles. The van der Waals surface area contributed by atoms with Gasteiger partial charge in [0.15, 0.2) is 23.2 Å². The minimum absolute atomic E-state index is 0.00599. The van der Waals surface area contributed by atoms with E-state index in [1.165, 1.54) is 40.9 Å². The number of likely N-dealkylation sites (tertiary alicyclic amines) is 2. The molecule has 77 heavy (non-hydrogen) atoms. The molecule has 0 bridgehead atoms. The molecule has 5 amide bonds. The fraction of sp³-hybridized carbons (Fsp3) is 0.491. The van der Waals surface area contributed by atoms with Crippen molar-refractivity contribution in [1.29, 1.82) is 0 Å². The number of amides is 5. The lowest BCUT2D eigenvalue weighted by molar-refractivity contribution is -0.138. The Bertz CT molecular complexity index is 3070. The van der Waals surface area contributed by atoms with Crippen LogP contribution in [0.1, 0.15) is 110 Å². The second-order valence-corrected chi connectivity index (χ2v) is 21.6. The molecule has 3 saturated heterocycles. The van der Waals surface area contributed by atoms with Crippen LogP contribution in [0.15, 0.2) is 54.6 Å². The van der Waals surface area contributed by atoms with Gasteiger partial charge >= 0.3 is 6.03 Å². The van der Waals surface area contributed by atoms with Crippen molar-refractivity contribution in [3.8, 4) is 22.6 Å². The average Bonchev–Trinajstić information content (AvgIpc) is 4.10. The summed E-state index contributed by atoms with van der Waals surface area (Å²) in [5.41, 5.74) is 0.0798. The van der Waals surface area contributed by atoms with E-state index in [4.69, 9.17) is 21.1 Å². The highest BCUT2D eigenvalue weighted by atomic mass is 35.5. The van der Waals surface area contributed by atoms with Crippen molar-refractivity contribution in [2.24, 2.45) is 18.9 Å². The summed E-state index contributed by atoms with van der Waals surface area (Å²) in [6, 6.07) is 14.2. The molecule has 20 heteroatoms. The largest absolute Gasteiger partial charge is 0.488 e. The molecule has 0 radical (unpaired) electrons. The number of halogens is 5. The minimum Gasteiger partial charge on any atom is -0.488 e. The number of benzene rings is 4. The van der Waals surface area contributed by atoms with Gasteiger partial charge in [-0.3, -0.25) is 29.3 Å². The second-order valence-electron chi connectivity index (χ2n) is 21.3. The molecule has 10 rings (SSSR count). The number of rotatable bonds is 15. The van der Waals surface area contributed by atoms with E-state index in [-0.39, 0.29) is 105 Å². The van der Waals surface area contributed by atoms with Gasteiger partial charge in [-0.1, -0.05) is 48.9 Å². The van der Waals surface area contributed by atoms with E-state index in [2.05, 4.69) is 25.9 Å². The lowest BCUT2D eigenvalue weighted by Gasteiger charge is -2.39. The van der Waals surface area contributed by atoms with E-state index in [0.717, 1.165) is 50.6 Å². The highest BCUT2D eigenvalue weighted by Gasteiger charge is 2.50. The van der Waals surface area contributed by atoms with Crippen molar-refractivity contribution < 1.29 is 51.3 Å². The summed E-state index contributed by atoms with van der Waals surface area (Å²) in [5, 5.41) is 22.1. The van der Waals surface area contributed by atoms with Gasteiger partial charge in [-0.25, -0.2) is 22.4 Å². The molecule has 5 aliphatic rings. The van der Waals surface area contributed by atoms with Gasteiger partial charge in [0, 0.05) is 99.3 Å². The number of hydrogen-bond acceptors (Lipinski definition) is 10. The summed E-state index contributed by atoms with van der Waals surface area (Å²) in [7, 11) is 2.97. The smallest absolute Gasteiger partial charge is 0.329 e. The number of nitrogens with zero attached hydrogens (tertiary/aromatic N) is 5. The Morgan fingerprint density at radius 3 is 2.31 bits per heavy atom. The third kappa shape index (κ3) is 10.4. The number of aryl methyl sites for hydroxylation is 1. The molecule has 0 unspecified atom stereocenters. The number of carbonyl (C=O) groups is 4. The predicted molar refractivity (Wildman–Crippen MR) is 282 cm³/mol. The Labute approximate surface area is 449 Å². The van der Waals surface area contributed by atoms with Crippen LogP contribution in [0, 0.1) is 35.1 Å². The van der Waals surface area contributed by atoms with Gasteiger partial charge in [0.25, 0.3) is 5.91 Å². The Morgan fingerprint density at radius 1 is 0.896 bits per heavy atom. The molecule has 15 nitrogen and oxygen atoms in total. The Morgan fingerprint density at radius 2 is 1.62 bits per heavy atom. The number of imide groups is 1. The summed E-state index contributed by atoms with van der Waals surface area (Å²) in [5.74, 6) is -4.36. The van der Waals surface area contributed by atoms with Gasteiger partial charge in [0.05, 0.1) is 22.6 Å². The van der Waals surface area contributed by atoms with E-state index >= 15 is 17.6 Å². The standard InChI is InChI=1S/C57H65ClF4N8O7/c1-32-45-43(30-41(60)49(58)48(45)47-38(54(73)63-2)13-14-42(50(47)61)76-28-27-71)77-57(32,36-7-5-4-6-8-36)20-21-64-37-11-9-35(10-12-37)55(74)69-24-15-33(16-25-69)31-68-22-17-34(18-23-68)46-40(59)29-39-52(51(46)62)67(3)66-53(39)70-26-19-44(72)65-56(70)75/h4-8,13-14,29-30,32-35,37,64,71H,9-12,15-28,31H2,1-3H3,(H,63,73)(H,65,72,75)/t32-,35?,37?,57-/m0/s1. The highest BCUT2D eigenvalue weighted by Crippen LogP contribution is 2.58. The number of aliphatic hydroxyl groups excluding tert-OH is 1. The third-order valence-corrected chi connectivity index (χ3v) is 17.2. The quantitative estimate of drug-likeness (QED) is 0.0745. The molecule has 410 valence electrons. The molecule has 2 atom stereocenters. The Kier molecular flexibility index (Phi) is 15.9. The summed E-state index contributed by atoms with van der Waals surface area (Å²) in [6.45, 7) is 5.57. The number of aromatic nitrogens is 2. The van der Waals surface area contributed by atoms with Gasteiger partial charge in [-0.05, 0) is 107 Å². The second kappa shape index (κ2) is 22.6. The number of nitrogens with one attached hydrogen (secondary N) is 3. The maximum Gasteiger partial charge on any atom is 0.329 e. The van der Waals surface area contributed by atoms with E-state index in [1.807, 2.05) is 42.2 Å². The maximum absolute atomic E-state index is 16.6. The number of urea groups is 1.